The van der Waals surface area contributed by atoms with Crippen molar-refractivity contribution in [2.75, 3.05) is 18.5 Å². The summed E-state index contributed by atoms with van der Waals surface area (Å²) in [5.74, 6) is -0.0992. The van der Waals surface area contributed by atoms with Crippen LogP contribution in [-0.2, 0) is 0 Å². The van der Waals surface area contributed by atoms with Crippen LogP contribution in [0.3, 0.4) is 0 Å². The first-order chi connectivity index (χ1) is 10.1. The van der Waals surface area contributed by atoms with Crippen molar-refractivity contribution in [3.05, 3.63) is 64.1 Å². The number of rotatable bonds is 6. The molecule has 0 spiro atoms. The number of hydrogen-bond acceptors (Lipinski definition) is 4. The summed E-state index contributed by atoms with van der Waals surface area (Å²) >= 11 is 3.36. The highest BCUT2D eigenvalue weighted by atomic mass is 79.9. The first-order valence-electron chi connectivity index (χ1n) is 6.54. The van der Waals surface area contributed by atoms with Crippen LogP contribution in [0, 0.1) is 0 Å². The van der Waals surface area contributed by atoms with Gasteiger partial charge < -0.3 is 15.5 Å². The normalized spacial score (nSPS) is 12.0. The number of ketones is 1. The van der Waals surface area contributed by atoms with E-state index in [0.29, 0.717) is 16.8 Å². The van der Waals surface area contributed by atoms with E-state index in [4.69, 9.17) is 5.11 Å². The van der Waals surface area contributed by atoms with Gasteiger partial charge in [-0.2, -0.15) is 0 Å². The van der Waals surface area contributed by atoms with E-state index in [2.05, 4.69) is 21.2 Å². The summed E-state index contributed by atoms with van der Waals surface area (Å²) in [5, 5.41) is 21.3. The SMILES string of the molecule is O=C(c1ccccc1)c1cc(Br)ccc1NCC(O)CO. The van der Waals surface area contributed by atoms with E-state index in [1.165, 1.54) is 0 Å². The van der Waals surface area contributed by atoms with Crippen LogP contribution in [-0.4, -0.2) is 35.3 Å². The van der Waals surface area contributed by atoms with Gasteiger partial charge in [0.2, 0.25) is 0 Å². The minimum Gasteiger partial charge on any atom is -0.394 e. The summed E-state index contributed by atoms with van der Waals surface area (Å²) in [5.41, 5.74) is 1.74. The molecule has 3 N–H and O–H groups in total. The number of nitrogens with one attached hydrogen (secondary N) is 1. The van der Waals surface area contributed by atoms with Crippen molar-refractivity contribution in [2.24, 2.45) is 0 Å². The molecule has 0 bridgehead atoms. The molecule has 110 valence electrons. The van der Waals surface area contributed by atoms with Gasteiger partial charge in [-0.05, 0) is 18.2 Å². The number of aliphatic hydroxyl groups excluding tert-OH is 2. The first kappa shape index (κ1) is 15.7. The van der Waals surface area contributed by atoms with E-state index in [0.717, 1.165) is 4.47 Å². The number of halogens is 1. The number of carbonyl (C=O) groups is 1. The maximum absolute atomic E-state index is 12.6. The summed E-state index contributed by atoms with van der Waals surface area (Å²) in [7, 11) is 0. The van der Waals surface area contributed by atoms with Crippen LogP contribution >= 0.6 is 15.9 Å². The molecule has 4 nitrogen and oxygen atoms in total. The molecule has 1 atom stereocenters. The Balaban J connectivity index is 2.29. The summed E-state index contributed by atoms with van der Waals surface area (Å²) in [4.78, 5) is 12.6. The van der Waals surface area contributed by atoms with Crippen LogP contribution in [0.1, 0.15) is 15.9 Å². The maximum Gasteiger partial charge on any atom is 0.195 e. The lowest BCUT2D eigenvalue weighted by Gasteiger charge is -2.14. The Morgan fingerprint density at radius 1 is 1.19 bits per heavy atom. The molecule has 0 radical (unpaired) electrons. The second kappa shape index (κ2) is 7.36. The van der Waals surface area contributed by atoms with Crippen molar-refractivity contribution in [1.29, 1.82) is 0 Å². The van der Waals surface area contributed by atoms with Gasteiger partial charge in [0.25, 0.3) is 0 Å². The molecule has 2 aromatic carbocycles. The van der Waals surface area contributed by atoms with Crippen molar-refractivity contribution in [2.45, 2.75) is 6.10 Å². The van der Waals surface area contributed by atoms with Crippen molar-refractivity contribution in [3.63, 3.8) is 0 Å². The van der Waals surface area contributed by atoms with Gasteiger partial charge in [-0.1, -0.05) is 46.3 Å². The highest BCUT2D eigenvalue weighted by molar-refractivity contribution is 9.10. The Morgan fingerprint density at radius 2 is 1.90 bits per heavy atom. The number of carbonyl (C=O) groups excluding carboxylic acids is 1. The fourth-order valence-electron chi connectivity index (χ4n) is 1.90. The topological polar surface area (TPSA) is 69.6 Å². The molecule has 1 unspecified atom stereocenters. The van der Waals surface area contributed by atoms with Gasteiger partial charge in [-0.3, -0.25) is 4.79 Å². The third-order valence-corrected chi connectivity index (χ3v) is 3.49. The lowest BCUT2D eigenvalue weighted by molar-refractivity contribution is 0.103. The average Bonchev–Trinajstić information content (AvgIpc) is 2.53. The number of aliphatic hydroxyl groups is 2. The molecule has 0 fully saturated rings. The van der Waals surface area contributed by atoms with Gasteiger partial charge in [0.15, 0.2) is 5.78 Å². The van der Waals surface area contributed by atoms with Gasteiger partial charge in [-0.25, -0.2) is 0 Å². The highest BCUT2D eigenvalue weighted by Gasteiger charge is 2.14. The fraction of sp³-hybridized carbons (Fsp3) is 0.188. The van der Waals surface area contributed by atoms with Gasteiger partial charge in [0.1, 0.15) is 0 Å². The predicted molar refractivity (Wildman–Crippen MR) is 85.6 cm³/mol. The van der Waals surface area contributed by atoms with E-state index < -0.39 is 6.10 Å². The van der Waals surface area contributed by atoms with Crippen molar-refractivity contribution < 1.29 is 15.0 Å². The second-order valence-electron chi connectivity index (χ2n) is 4.60. The van der Waals surface area contributed by atoms with Crippen molar-refractivity contribution in [1.82, 2.24) is 0 Å². The molecule has 0 amide bonds. The zero-order valence-corrected chi connectivity index (χ0v) is 12.9. The molecule has 5 heteroatoms. The fourth-order valence-corrected chi connectivity index (χ4v) is 2.26. The molecule has 2 rings (SSSR count). The molecule has 0 aliphatic heterocycles. The zero-order chi connectivity index (χ0) is 15.2. The molecule has 0 aliphatic carbocycles. The molecule has 0 aliphatic rings. The van der Waals surface area contributed by atoms with Gasteiger partial charge in [0.05, 0.1) is 12.7 Å². The summed E-state index contributed by atoms with van der Waals surface area (Å²) in [6.45, 7) is -0.154. The lowest BCUT2D eigenvalue weighted by atomic mass is 10.0. The number of benzene rings is 2. The van der Waals surface area contributed by atoms with Gasteiger partial charge in [-0.15, -0.1) is 0 Å². The van der Waals surface area contributed by atoms with E-state index in [1.54, 1.807) is 24.3 Å². The van der Waals surface area contributed by atoms with E-state index in [9.17, 15) is 9.90 Å². The van der Waals surface area contributed by atoms with Gasteiger partial charge >= 0.3 is 0 Å². The maximum atomic E-state index is 12.6. The standard InChI is InChI=1S/C16H16BrNO3/c17-12-6-7-15(18-9-13(20)10-19)14(8-12)16(21)11-4-2-1-3-5-11/h1-8,13,18-20H,9-10H2. The molecule has 21 heavy (non-hydrogen) atoms. The first-order valence-corrected chi connectivity index (χ1v) is 7.33. The van der Waals surface area contributed by atoms with Crippen LogP contribution in [0.15, 0.2) is 53.0 Å². The van der Waals surface area contributed by atoms with Crippen LogP contribution in [0.5, 0.6) is 0 Å². The summed E-state index contributed by atoms with van der Waals surface area (Å²) in [6.07, 6.45) is -0.867. The Hall–Kier alpha value is -1.69. The molecular formula is C16H16BrNO3. The predicted octanol–water partition coefficient (Wildman–Crippen LogP) is 2.45. The van der Waals surface area contributed by atoms with E-state index in [-0.39, 0.29) is 18.9 Å². The molecule has 0 saturated heterocycles. The molecule has 0 aromatic heterocycles. The Kier molecular flexibility index (Phi) is 5.50. The Labute approximate surface area is 131 Å². The molecule has 0 saturated carbocycles. The monoisotopic (exact) mass is 349 g/mol. The molecule has 0 heterocycles. The zero-order valence-electron chi connectivity index (χ0n) is 11.3. The molecule has 2 aromatic rings. The largest absolute Gasteiger partial charge is 0.394 e. The third-order valence-electron chi connectivity index (χ3n) is 3.00. The summed E-state index contributed by atoms with van der Waals surface area (Å²) in [6, 6.07) is 14.3. The molecular weight excluding hydrogens is 334 g/mol. The number of hydrogen-bond donors (Lipinski definition) is 3. The minimum absolute atomic E-state index is 0.0992. The second-order valence-corrected chi connectivity index (χ2v) is 5.52. The van der Waals surface area contributed by atoms with Crippen LogP contribution in [0.4, 0.5) is 5.69 Å². The third kappa shape index (κ3) is 4.14. The van der Waals surface area contributed by atoms with Crippen LogP contribution in [0.2, 0.25) is 0 Å². The van der Waals surface area contributed by atoms with Crippen LogP contribution < -0.4 is 5.32 Å². The van der Waals surface area contributed by atoms with Gasteiger partial charge in [0, 0.05) is 27.8 Å². The number of anilines is 1. The smallest absolute Gasteiger partial charge is 0.195 e. The Morgan fingerprint density at radius 3 is 2.57 bits per heavy atom. The highest BCUT2D eigenvalue weighted by Crippen LogP contribution is 2.24. The Bertz CT molecular complexity index is 616. The van der Waals surface area contributed by atoms with Crippen molar-refractivity contribution >= 4 is 27.4 Å². The minimum atomic E-state index is -0.867. The quantitative estimate of drug-likeness (QED) is 0.700. The van der Waals surface area contributed by atoms with E-state index >= 15 is 0 Å². The summed E-state index contributed by atoms with van der Waals surface area (Å²) < 4.78 is 0.801. The lowest BCUT2D eigenvalue weighted by Crippen LogP contribution is -2.23. The van der Waals surface area contributed by atoms with Crippen LogP contribution in [0.25, 0.3) is 0 Å². The average molecular weight is 350 g/mol. The van der Waals surface area contributed by atoms with E-state index in [1.807, 2.05) is 24.3 Å². The van der Waals surface area contributed by atoms with Crippen molar-refractivity contribution in [3.8, 4) is 0 Å².